The quantitative estimate of drug-likeness (QED) is 0.519. The zero-order valence-electron chi connectivity index (χ0n) is 6.23. The maximum atomic E-state index is 9.37. The Kier molecular flexibility index (Phi) is 11.3. The molecule has 0 saturated carbocycles. The largest absolute Gasteiger partial charge is 0.481 e. The average molecular weight is 188 g/mol. The molecular weight excluding hydrogens is 176 g/mol. The highest BCUT2D eigenvalue weighted by Crippen LogP contribution is 1.67. The summed E-state index contributed by atoms with van der Waals surface area (Å²) in [5.41, 5.74) is 0. The molecule has 0 aliphatic carbocycles. The van der Waals surface area contributed by atoms with Crippen LogP contribution in [-0.2, 0) is 14.9 Å². The first-order chi connectivity index (χ1) is 4.27. The van der Waals surface area contributed by atoms with Gasteiger partial charge in [0.25, 0.3) is 10.1 Å². The van der Waals surface area contributed by atoms with E-state index in [-0.39, 0.29) is 11.9 Å². The van der Waals surface area contributed by atoms with Gasteiger partial charge < -0.3 is 10.6 Å². The molecule has 0 atom stereocenters. The highest BCUT2D eigenvalue weighted by atomic mass is 32.2. The predicted octanol–water partition coefficient (Wildman–Crippen LogP) is -0.840. The lowest BCUT2D eigenvalue weighted by molar-refractivity contribution is -0.136. The number of carboxylic acids is 1. The van der Waals surface area contributed by atoms with E-state index in [4.69, 9.17) is 9.66 Å². The Balaban J connectivity index is -0.000000107. The van der Waals surface area contributed by atoms with Gasteiger partial charge in [-0.2, -0.15) is 8.42 Å². The maximum absolute atomic E-state index is 9.37. The average Bonchev–Trinajstić information content (AvgIpc) is 1.61. The summed E-state index contributed by atoms with van der Waals surface area (Å²) in [6.07, 6.45) is 0.937. The van der Waals surface area contributed by atoms with Crippen LogP contribution in [0.4, 0.5) is 0 Å². The summed E-state index contributed by atoms with van der Waals surface area (Å²) in [5, 5.41) is 7.72. The van der Waals surface area contributed by atoms with Gasteiger partial charge in [-0.25, -0.2) is 0 Å². The van der Waals surface area contributed by atoms with E-state index in [1.165, 1.54) is 0 Å². The Bertz CT molecular complexity index is 173. The van der Waals surface area contributed by atoms with Gasteiger partial charge in [0.2, 0.25) is 0 Å². The second kappa shape index (κ2) is 7.45. The molecule has 0 unspecified atom stereocenters. The first kappa shape index (κ1) is 16.7. The monoisotopic (exact) mass is 188 g/mol. The van der Waals surface area contributed by atoms with Crippen molar-refractivity contribution in [3.8, 4) is 0 Å². The highest BCUT2D eigenvalue weighted by molar-refractivity contribution is 7.85. The number of carbonyl (C=O) groups is 1. The van der Waals surface area contributed by atoms with Crippen LogP contribution in [-0.4, -0.2) is 35.8 Å². The fourth-order valence-corrected chi connectivity index (χ4v) is 0. The minimum Gasteiger partial charge on any atom is -0.481 e. The Labute approximate surface area is 64.9 Å². The summed E-state index contributed by atoms with van der Waals surface area (Å²) in [4.78, 5) is 9.37. The Morgan fingerprint density at radius 3 is 1.55 bits per heavy atom. The minimum absolute atomic E-state index is 0. The fourth-order valence-electron chi connectivity index (χ4n) is 0. The maximum Gasteiger partial charge on any atom is 0.303 e. The number of carboxylic acid groups (broad SMARTS) is 1. The van der Waals surface area contributed by atoms with E-state index < -0.39 is 16.1 Å². The van der Waals surface area contributed by atoms with Crippen LogP contribution in [0.25, 0.3) is 0 Å². The van der Waals surface area contributed by atoms with Gasteiger partial charge in [-0.15, -0.1) is 0 Å². The van der Waals surface area contributed by atoms with Crippen LogP contribution in [0, 0.1) is 0 Å². The second-order valence-electron chi connectivity index (χ2n) is 1.48. The van der Waals surface area contributed by atoms with Gasteiger partial charge in [0, 0.05) is 6.42 Å². The van der Waals surface area contributed by atoms with Crippen LogP contribution in [0.5, 0.6) is 0 Å². The predicted molar refractivity (Wildman–Crippen MR) is 39.0 cm³/mol. The smallest absolute Gasteiger partial charge is 0.303 e. The van der Waals surface area contributed by atoms with Gasteiger partial charge in [0.15, 0.2) is 0 Å². The molecule has 7 heteroatoms. The van der Waals surface area contributed by atoms with E-state index >= 15 is 0 Å². The molecule has 0 aliphatic heterocycles. The van der Waals surface area contributed by atoms with Gasteiger partial charge in [0.1, 0.15) is 0 Å². The molecule has 0 saturated heterocycles. The molecular formula is C4H12O6S. The van der Waals surface area contributed by atoms with Crippen LogP contribution in [0.3, 0.4) is 0 Å². The van der Waals surface area contributed by atoms with E-state index in [2.05, 4.69) is 0 Å². The SMILES string of the molecule is CCC(=O)O.CS(=O)(=O)O.O. The second-order valence-corrected chi connectivity index (χ2v) is 2.95. The molecule has 0 spiro atoms. The molecule has 0 fully saturated rings. The number of aliphatic carboxylic acids is 1. The van der Waals surface area contributed by atoms with Crippen molar-refractivity contribution in [3.05, 3.63) is 0 Å². The lowest BCUT2D eigenvalue weighted by atomic mass is 10.5. The van der Waals surface area contributed by atoms with Crippen molar-refractivity contribution in [2.75, 3.05) is 6.26 Å². The zero-order chi connectivity index (χ0) is 8.78. The molecule has 0 rings (SSSR count). The Morgan fingerprint density at radius 2 is 1.55 bits per heavy atom. The van der Waals surface area contributed by atoms with Crippen LogP contribution >= 0.6 is 0 Å². The molecule has 0 aromatic carbocycles. The first-order valence-corrected chi connectivity index (χ1v) is 4.26. The molecule has 0 aromatic heterocycles. The van der Waals surface area contributed by atoms with E-state index in [1.807, 2.05) is 0 Å². The van der Waals surface area contributed by atoms with Crippen LogP contribution in [0.15, 0.2) is 0 Å². The van der Waals surface area contributed by atoms with Crippen LogP contribution < -0.4 is 0 Å². The van der Waals surface area contributed by atoms with Crippen LogP contribution in [0.1, 0.15) is 13.3 Å². The number of hydrogen-bond acceptors (Lipinski definition) is 3. The third-order valence-corrected chi connectivity index (χ3v) is 0.302. The summed E-state index contributed by atoms with van der Waals surface area (Å²) in [6, 6.07) is 0. The Morgan fingerprint density at radius 1 is 1.45 bits per heavy atom. The van der Waals surface area contributed by atoms with E-state index in [9.17, 15) is 13.2 Å². The van der Waals surface area contributed by atoms with Crippen molar-refractivity contribution >= 4 is 16.1 Å². The van der Waals surface area contributed by atoms with Crippen molar-refractivity contribution < 1.29 is 28.3 Å². The molecule has 70 valence electrons. The third-order valence-electron chi connectivity index (χ3n) is 0.302. The fraction of sp³-hybridized carbons (Fsp3) is 0.750. The van der Waals surface area contributed by atoms with E-state index in [0.717, 1.165) is 0 Å². The summed E-state index contributed by atoms with van der Waals surface area (Å²) < 4.78 is 25.9. The topological polar surface area (TPSA) is 123 Å². The number of hydrogen-bond donors (Lipinski definition) is 2. The van der Waals surface area contributed by atoms with Gasteiger partial charge in [-0.05, 0) is 0 Å². The Hall–Kier alpha value is -0.660. The third kappa shape index (κ3) is 280. The van der Waals surface area contributed by atoms with Crippen molar-refractivity contribution in [1.29, 1.82) is 0 Å². The molecule has 0 aromatic rings. The molecule has 6 nitrogen and oxygen atoms in total. The summed E-state index contributed by atoms with van der Waals surface area (Å²) in [6.45, 7) is 1.60. The number of rotatable bonds is 1. The summed E-state index contributed by atoms with van der Waals surface area (Å²) in [7, 11) is -3.67. The van der Waals surface area contributed by atoms with E-state index in [1.54, 1.807) is 6.92 Å². The van der Waals surface area contributed by atoms with Gasteiger partial charge in [0.05, 0.1) is 6.26 Å². The van der Waals surface area contributed by atoms with Gasteiger partial charge >= 0.3 is 5.97 Å². The zero-order valence-corrected chi connectivity index (χ0v) is 7.05. The summed E-state index contributed by atoms with van der Waals surface area (Å²) in [5.74, 6) is -0.745. The molecule has 11 heavy (non-hydrogen) atoms. The minimum atomic E-state index is -3.67. The highest BCUT2D eigenvalue weighted by Gasteiger charge is 1.81. The first-order valence-electron chi connectivity index (χ1n) is 2.41. The molecule has 0 heterocycles. The van der Waals surface area contributed by atoms with Crippen molar-refractivity contribution in [1.82, 2.24) is 0 Å². The molecule has 0 radical (unpaired) electrons. The normalized spacial score (nSPS) is 8.64. The molecule has 0 aliphatic rings. The van der Waals surface area contributed by atoms with Crippen molar-refractivity contribution in [2.45, 2.75) is 13.3 Å². The van der Waals surface area contributed by atoms with Crippen molar-refractivity contribution in [3.63, 3.8) is 0 Å². The molecule has 0 amide bonds. The van der Waals surface area contributed by atoms with Crippen LogP contribution in [0.2, 0.25) is 0 Å². The lowest BCUT2D eigenvalue weighted by Crippen LogP contribution is -1.88. The van der Waals surface area contributed by atoms with Gasteiger partial charge in [-0.3, -0.25) is 9.35 Å². The molecule has 4 N–H and O–H groups in total. The molecule has 0 bridgehead atoms. The standard InChI is InChI=1S/C3H6O2.CH4O3S.H2O/c1-2-3(4)5;1-5(2,3)4;/h2H2,1H3,(H,4,5);1H3,(H,2,3,4);1H2. The van der Waals surface area contributed by atoms with Crippen molar-refractivity contribution in [2.24, 2.45) is 0 Å². The van der Waals surface area contributed by atoms with Gasteiger partial charge in [-0.1, -0.05) is 6.92 Å². The lowest BCUT2D eigenvalue weighted by Gasteiger charge is -1.71. The summed E-state index contributed by atoms with van der Waals surface area (Å²) >= 11 is 0. The van der Waals surface area contributed by atoms with E-state index in [0.29, 0.717) is 6.26 Å².